The molecule has 3 nitrogen and oxygen atoms in total. The zero-order valence-corrected chi connectivity index (χ0v) is 19.5. The molecule has 0 amide bonds. The van der Waals surface area contributed by atoms with E-state index >= 15 is 0 Å². The Morgan fingerprint density at radius 3 is 1.35 bits per heavy atom. The summed E-state index contributed by atoms with van der Waals surface area (Å²) in [4.78, 5) is 0. The summed E-state index contributed by atoms with van der Waals surface area (Å²) in [7, 11) is 0. The molecule has 0 aromatic heterocycles. The van der Waals surface area contributed by atoms with E-state index in [1.165, 1.54) is 38.5 Å². The van der Waals surface area contributed by atoms with Gasteiger partial charge in [0.1, 0.15) is 0 Å². The fourth-order valence-corrected chi connectivity index (χ4v) is 3.58. The third-order valence-corrected chi connectivity index (χ3v) is 4.52. The molecule has 26 heavy (non-hydrogen) atoms. The minimum Gasteiger partial charge on any atom is -0.324 e. The van der Waals surface area contributed by atoms with Gasteiger partial charge in [0.2, 0.25) is 0 Å². The highest BCUT2D eigenvalue weighted by Crippen LogP contribution is 2.44. The van der Waals surface area contributed by atoms with Crippen molar-refractivity contribution in [1.29, 1.82) is 0 Å². The lowest BCUT2D eigenvalue weighted by atomic mass is 9.75. The molecule has 0 N–H and O–H groups in total. The Labute approximate surface area is 164 Å². The van der Waals surface area contributed by atoms with Crippen molar-refractivity contribution in [3.8, 4) is 0 Å². The van der Waals surface area contributed by atoms with Gasteiger partial charge in [0.05, 0.1) is 18.3 Å². The Hall–Kier alpha value is -0.120. The molecule has 0 radical (unpaired) electrons. The first-order valence-corrected chi connectivity index (χ1v) is 11.0. The summed E-state index contributed by atoms with van der Waals surface area (Å²) in [5, 5.41) is 0. The van der Waals surface area contributed by atoms with Gasteiger partial charge in [-0.25, -0.2) is 0 Å². The summed E-state index contributed by atoms with van der Waals surface area (Å²) >= 11 is 0. The van der Waals surface area contributed by atoms with E-state index in [1.807, 2.05) is 0 Å². The molecule has 0 aliphatic heterocycles. The van der Waals surface area contributed by atoms with Crippen LogP contribution in [0.2, 0.25) is 0 Å². The zero-order chi connectivity index (χ0) is 20.4. The standard InChI is InChI=1S/C23H48O3/c1-11-12-13-14-15-16-17-21(22(8,9)10)23(24-18(2)3,25-19(4)5)26-20(6)7/h18-21H,11-17H2,1-10H3. The van der Waals surface area contributed by atoms with Crippen LogP contribution in [0.25, 0.3) is 0 Å². The zero-order valence-electron chi connectivity index (χ0n) is 19.5. The Morgan fingerprint density at radius 2 is 1.00 bits per heavy atom. The van der Waals surface area contributed by atoms with Gasteiger partial charge in [0, 0.05) is 5.92 Å². The van der Waals surface area contributed by atoms with Crippen molar-refractivity contribution in [1.82, 2.24) is 0 Å². The highest BCUT2D eigenvalue weighted by atomic mass is 16.9. The highest BCUT2D eigenvalue weighted by molar-refractivity contribution is 4.84. The number of ether oxygens (including phenoxy) is 3. The first-order chi connectivity index (χ1) is 11.9. The molecular formula is C23H48O3. The Bertz CT molecular complexity index is 315. The van der Waals surface area contributed by atoms with Crippen LogP contribution >= 0.6 is 0 Å². The Morgan fingerprint density at radius 1 is 0.615 bits per heavy atom. The summed E-state index contributed by atoms with van der Waals surface area (Å²) in [5.74, 6) is -0.814. The molecule has 0 aromatic rings. The Kier molecular flexibility index (Phi) is 12.3. The molecule has 1 atom stereocenters. The van der Waals surface area contributed by atoms with Crippen LogP contribution in [0.3, 0.4) is 0 Å². The summed E-state index contributed by atoms with van der Waals surface area (Å²) in [5.41, 5.74) is 0.0298. The largest absolute Gasteiger partial charge is 0.324 e. The minimum absolute atomic E-state index is 0.0298. The second-order valence-electron chi connectivity index (χ2n) is 9.58. The van der Waals surface area contributed by atoms with E-state index in [0.717, 1.165) is 6.42 Å². The van der Waals surface area contributed by atoms with E-state index in [9.17, 15) is 0 Å². The maximum Gasteiger partial charge on any atom is 0.287 e. The van der Waals surface area contributed by atoms with Crippen molar-refractivity contribution >= 4 is 0 Å². The third-order valence-electron chi connectivity index (χ3n) is 4.52. The lowest BCUT2D eigenvalue weighted by molar-refractivity contribution is -0.441. The van der Waals surface area contributed by atoms with Gasteiger partial charge >= 0.3 is 0 Å². The third kappa shape index (κ3) is 10.3. The van der Waals surface area contributed by atoms with E-state index in [-0.39, 0.29) is 29.6 Å². The molecule has 0 aliphatic rings. The molecule has 0 fully saturated rings. The maximum atomic E-state index is 6.40. The summed E-state index contributed by atoms with van der Waals surface area (Å²) in [6.07, 6.45) is 8.95. The van der Waals surface area contributed by atoms with Crippen molar-refractivity contribution in [2.75, 3.05) is 0 Å². The van der Waals surface area contributed by atoms with E-state index < -0.39 is 5.97 Å². The highest BCUT2D eigenvalue weighted by Gasteiger charge is 2.50. The summed E-state index contributed by atoms with van der Waals surface area (Å²) in [6.45, 7) is 21.5. The maximum absolute atomic E-state index is 6.40. The lowest BCUT2D eigenvalue weighted by Gasteiger charge is -2.48. The van der Waals surface area contributed by atoms with E-state index in [0.29, 0.717) is 0 Å². The van der Waals surface area contributed by atoms with Gasteiger partial charge in [-0.2, -0.15) is 0 Å². The molecule has 0 bridgehead atoms. The fourth-order valence-electron chi connectivity index (χ4n) is 3.58. The van der Waals surface area contributed by atoms with Crippen LogP contribution in [-0.2, 0) is 14.2 Å². The van der Waals surface area contributed by atoms with Gasteiger partial charge in [-0.05, 0) is 53.4 Å². The predicted molar refractivity (Wildman–Crippen MR) is 112 cm³/mol. The predicted octanol–water partition coefficient (Wildman–Crippen LogP) is 7.33. The van der Waals surface area contributed by atoms with Gasteiger partial charge in [0.25, 0.3) is 5.97 Å². The molecule has 158 valence electrons. The van der Waals surface area contributed by atoms with E-state index in [2.05, 4.69) is 69.2 Å². The van der Waals surface area contributed by atoms with Crippen molar-refractivity contribution < 1.29 is 14.2 Å². The molecule has 3 heteroatoms. The first kappa shape index (κ1) is 25.9. The molecular weight excluding hydrogens is 324 g/mol. The minimum atomic E-state index is -0.988. The van der Waals surface area contributed by atoms with Crippen LogP contribution in [-0.4, -0.2) is 24.3 Å². The van der Waals surface area contributed by atoms with E-state index in [1.54, 1.807) is 0 Å². The second-order valence-corrected chi connectivity index (χ2v) is 9.58. The number of rotatable bonds is 14. The Balaban J connectivity index is 5.41. The molecule has 0 aromatic carbocycles. The van der Waals surface area contributed by atoms with Crippen molar-refractivity contribution in [3.63, 3.8) is 0 Å². The second kappa shape index (κ2) is 12.4. The van der Waals surface area contributed by atoms with Crippen molar-refractivity contribution in [2.45, 2.75) is 138 Å². The first-order valence-electron chi connectivity index (χ1n) is 11.0. The molecule has 0 saturated carbocycles. The molecule has 0 aliphatic carbocycles. The van der Waals surface area contributed by atoms with Crippen LogP contribution in [0.5, 0.6) is 0 Å². The van der Waals surface area contributed by atoms with Gasteiger partial charge in [-0.3, -0.25) is 0 Å². The van der Waals surface area contributed by atoms with Gasteiger partial charge in [-0.15, -0.1) is 0 Å². The van der Waals surface area contributed by atoms with Crippen LogP contribution in [0.15, 0.2) is 0 Å². The molecule has 0 heterocycles. The fraction of sp³-hybridized carbons (Fsp3) is 1.00. The average Bonchev–Trinajstić information content (AvgIpc) is 2.42. The average molecular weight is 373 g/mol. The number of hydrogen-bond donors (Lipinski definition) is 0. The molecule has 0 rings (SSSR count). The lowest BCUT2D eigenvalue weighted by Crippen LogP contribution is -2.54. The SMILES string of the molecule is CCCCCCCCC(C(C)(C)C)C(OC(C)C)(OC(C)C)OC(C)C. The number of hydrogen-bond acceptors (Lipinski definition) is 3. The number of unbranched alkanes of at least 4 members (excludes halogenated alkanes) is 5. The smallest absolute Gasteiger partial charge is 0.287 e. The van der Waals surface area contributed by atoms with Crippen LogP contribution < -0.4 is 0 Å². The molecule has 1 unspecified atom stereocenters. The van der Waals surface area contributed by atoms with Crippen molar-refractivity contribution in [3.05, 3.63) is 0 Å². The molecule has 0 saturated heterocycles. The monoisotopic (exact) mass is 372 g/mol. The molecule has 0 spiro atoms. The van der Waals surface area contributed by atoms with Gasteiger partial charge in [0.15, 0.2) is 0 Å². The normalized spacial score (nSPS) is 14.7. The topological polar surface area (TPSA) is 27.7 Å². The van der Waals surface area contributed by atoms with Crippen LogP contribution in [0.1, 0.15) is 114 Å². The summed E-state index contributed by atoms with van der Waals surface area (Å²) in [6, 6.07) is 0. The van der Waals surface area contributed by atoms with E-state index in [4.69, 9.17) is 14.2 Å². The quantitative estimate of drug-likeness (QED) is 0.236. The van der Waals surface area contributed by atoms with Gasteiger partial charge < -0.3 is 14.2 Å². The van der Waals surface area contributed by atoms with Crippen LogP contribution in [0.4, 0.5) is 0 Å². The van der Waals surface area contributed by atoms with Gasteiger partial charge in [-0.1, -0.05) is 66.2 Å². The van der Waals surface area contributed by atoms with Crippen LogP contribution in [0, 0.1) is 11.3 Å². The van der Waals surface area contributed by atoms with Crippen molar-refractivity contribution in [2.24, 2.45) is 11.3 Å². The summed E-state index contributed by atoms with van der Waals surface area (Å²) < 4.78 is 19.2.